The van der Waals surface area contributed by atoms with E-state index in [4.69, 9.17) is 14.6 Å². The molecule has 1 N–H and O–H groups in total. The van der Waals surface area contributed by atoms with Crippen LogP contribution in [0.5, 0.6) is 11.5 Å². The van der Waals surface area contributed by atoms with E-state index >= 15 is 0 Å². The molecule has 32 heavy (non-hydrogen) atoms. The molecule has 6 nitrogen and oxygen atoms in total. The van der Waals surface area contributed by atoms with E-state index in [-0.39, 0.29) is 24.7 Å². The van der Waals surface area contributed by atoms with Gasteiger partial charge < -0.3 is 19.5 Å². The van der Waals surface area contributed by atoms with Gasteiger partial charge in [0.1, 0.15) is 23.9 Å². The van der Waals surface area contributed by atoms with Crippen LogP contribution in [0.4, 0.5) is 10.1 Å². The maximum absolute atomic E-state index is 14.5. The highest BCUT2D eigenvalue weighted by atomic mass is 19.1. The van der Waals surface area contributed by atoms with E-state index in [1.54, 1.807) is 49.4 Å². The van der Waals surface area contributed by atoms with Crippen molar-refractivity contribution in [3.63, 3.8) is 0 Å². The number of carboxylic acids is 1. The number of amides is 1. The number of hydrogen-bond acceptors (Lipinski definition) is 4. The van der Waals surface area contributed by atoms with Crippen molar-refractivity contribution < 1.29 is 28.6 Å². The second kappa shape index (κ2) is 8.70. The van der Waals surface area contributed by atoms with Crippen molar-refractivity contribution in [2.75, 3.05) is 11.5 Å². The van der Waals surface area contributed by atoms with Crippen LogP contribution in [-0.4, -0.2) is 23.6 Å². The number of aliphatic carboxylic acids is 1. The van der Waals surface area contributed by atoms with Gasteiger partial charge in [-0.3, -0.25) is 4.79 Å². The maximum atomic E-state index is 14.5. The SMILES string of the molecule is Cc1ccc(N2Cc3c(OCc4ccc(OCC(=O)O)c(C)c4)cccc3C2=O)c(F)c1. The number of carboxylic acid groups (broad SMARTS) is 1. The van der Waals surface area contributed by atoms with E-state index < -0.39 is 18.4 Å². The summed E-state index contributed by atoms with van der Waals surface area (Å²) >= 11 is 0. The van der Waals surface area contributed by atoms with E-state index in [9.17, 15) is 14.0 Å². The highest BCUT2D eigenvalue weighted by molar-refractivity contribution is 6.10. The Kier molecular flexibility index (Phi) is 5.81. The molecule has 0 unspecified atom stereocenters. The average molecular weight is 435 g/mol. The molecule has 0 aromatic heterocycles. The number of carbonyl (C=O) groups is 2. The summed E-state index contributed by atoms with van der Waals surface area (Å²) in [6.45, 7) is 3.70. The summed E-state index contributed by atoms with van der Waals surface area (Å²) in [4.78, 5) is 25.0. The van der Waals surface area contributed by atoms with Crippen molar-refractivity contribution in [3.05, 3.63) is 88.2 Å². The Labute approximate surface area is 184 Å². The lowest BCUT2D eigenvalue weighted by atomic mass is 10.1. The lowest BCUT2D eigenvalue weighted by Gasteiger charge is -2.17. The van der Waals surface area contributed by atoms with Gasteiger partial charge in [-0.1, -0.05) is 18.2 Å². The molecule has 0 aliphatic carbocycles. The second-order valence-electron chi connectivity index (χ2n) is 7.70. The van der Waals surface area contributed by atoms with E-state index in [0.29, 0.717) is 17.1 Å². The van der Waals surface area contributed by atoms with Gasteiger partial charge in [-0.15, -0.1) is 0 Å². The molecule has 1 aliphatic heterocycles. The fourth-order valence-electron chi connectivity index (χ4n) is 3.73. The number of aryl methyl sites for hydroxylation is 2. The first-order valence-electron chi connectivity index (χ1n) is 10.1. The minimum Gasteiger partial charge on any atom is -0.489 e. The Bertz CT molecular complexity index is 1210. The number of fused-ring (bicyclic) bond motifs is 1. The Morgan fingerprint density at radius 1 is 1.06 bits per heavy atom. The molecule has 0 radical (unpaired) electrons. The van der Waals surface area contributed by atoms with Crippen LogP contribution in [0.15, 0.2) is 54.6 Å². The first kappa shape index (κ1) is 21.4. The van der Waals surface area contributed by atoms with Crippen LogP contribution < -0.4 is 14.4 Å². The molecular weight excluding hydrogens is 413 g/mol. The van der Waals surface area contributed by atoms with Crippen LogP contribution in [0.2, 0.25) is 0 Å². The summed E-state index contributed by atoms with van der Waals surface area (Å²) in [5.41, 5.74) is 3.91. The summed E-state index contributed by atoms with van der Waals surface area (Å²) in [5.74, 6) is -0.671. The van der Waals surface area contributed by atoms with Gasteiger partial charge in [-0.05, 0) is 66.9 Å². The van der Waals surface area contributed by atoms with Gasteiger partial charge in [-0.2, -0.15) is 0 Å². The summed E-state index contributed by atoms with van der Waals surface area (Å²) in [6, 6.07) is 15.4. The quantitative estimate of drug-likeness (QED) is 0.585. The third-order valence-corrected chi connectivity index (χ3v) is 5.30. The average Bonchev–Trinajstić information content (AvgIpc) is 3.08. The third-order valence-electron chi connectivity index (χ3n) is 5.30. The molecule has 0 saturated carbocycles. The molecule has 1 aliphatic rings. The van der Waals surface area contributed by atoms with Crippen LogP contribution >= 0.6 is 0 Å². The van der Waals surface area contributed by atoms with Crippen molar-refractivity contribution in [3.8, 4) is 11.5 Å². The van der Waals surface area contributed by atoms with Crippen molar-refractivity contribution >= 4 is 17.6 Å². The molecule has 0 spiro atoms. The van der Waals surface area contributed by atoms with Gasteiger partial charge >= 0.3 is 5.97 Å². The number of benzene rings is 3. The van der Waals surface area contributed by atoms with E-state index in [0.717, 1.165) is 22.3 Å². The molecule has 3 aromatic rings. The van der Waals surface area contributed by atoms with Gasteiger partial charge in [0, 0.05) is 11.1 Å². The summed E-state index contributed by atoms with van der Waals surface area (Å²) in [6.07, 6.45) is 0. The van der Waals surface area contributed by atoms with Gasteiger partial charge in [0.2, 0.25) is 0 Å². The first-order valence-corrected chi connectivity index (χ1v) is 10.1. The number of halogens is 1. The van der Waals surface area contributed by atoms with Crippen LogP contribution in [-0.2, 0) is 17.9 Å². The predicted molar refractivity (Wildman–Crippen MR) is 117 cm³/mol. The molecule has 1 heterocycles. The smallest absolute Gasteiger partial charge is 0.341 e. The highest BCUT2D eigenvalue weighted by Gasteiger charge is 2.32. The number of ether oxygens (including phenoxy) is 2. The Morgan fingerprint density at radius 3 is 2.59 bits per heavy atom. The first-order chi connectivity index (χ1) is 15.3. The Balaban J connectivity index is 1.51. The monoisotopic (exact) mass is 435 g/mol. The van der Waals surface area contributed by atoms with Gasteiger partial charge in [0.05, 0.1) is 12.2 Å². The van der Waals surface area contributed by atoms with Gasteiger partial charge in [-0.25, -0.2) is 9.18 Å². The third kappa shape index (κ3) is 4.27. The standard InChI is InChI=1S/C25H22FNO5/c1-15-6-8-21(20(26)10-15)27-12-19-18(25(27)30)4-3-5-23(19)31-13-17-7-9-22(16(2)11-17)32-14-24(28)29/h3-11H,12-14H2,1-2H3,(H,28,29). The topological polar surface area (TPSA) is 76.1 Å². The van der Waals surface area contributed by atoms with E-state index in [2.05, 4.69) is 0 Å². The van der Waals surface area contributed by atoms with Crippen molar-refractivity contribution in [2.45, 2.75) is 27.0 Å². The van der Waals surface area contributed by atoms with E-state index in [1.807, 2.05) is 13.0 Å². The number of carbonyl (C=O) groups excluding carboxylic acids is 1. The zero-order valence-corrected chi connectivity index (χ0v) is 17.7. The van der Waals surface area contributed by atoms with Gasteiger partial charge in [0.25, 0.3) is 5.91 Å². The van der Waals surface area contributed by atoms with Crippen molar-refractivity contribution in [2.24, 2.45) is 0 Å². The lowest BCUT2D eigenvalue weighted by Crippen LogP contribution is -2.24. The molecule has 4 rings (SSSR count). The lowest BCUT2D eigenvalue weighted by molar-refractivity contribution is -0.139. The molecule has 0 fully saturated rings. The number of anilines is 1. The van der Waals surface area contributed by atoms with Crippen molar-refractivity contribution in [1.82, 2.24) is 0 Å². The van der Waals surface area contributed by atoms with Crippen LogP contribution in [0.3, 0.4) is 0 Å². The maximum Gasteiger partial charge on any atom is 0.341 e. The molecule has 0 atom stereocenters. The molecule has 0 saturated heterocycles. The van der Waals surface area contributed by atoms with Crippen LogP contribution in [0.25, 0.3) is 0 Å². The van der Waals surface area contributed by atoms with E-state index in [1.165, 1.54) is 11.0 Å². The molecule has 7 heteroatoms. The molecule has 3 aromatic carbocycles. The van der Waals surface area contributed by atoms with Gasteiger partial charge in [0.15, 0.2) is 6.61 Å². The highest BCUT2D eigenvalue weighted by Crippen LogP contribution is 2.35. The summed E-state index contributed by atoms with van der Waals surface area (Å²) < 4.78 is 25.7. The fraction of sp³-hybridized carbons (Fsp3) is 0.200. The normalized spacial score (nSPS) is 12.6. The fourth-order valence-corrected chi connectivity index (χ4v) is 3.73. The number of rotatable bonds is 7. The Hall–Kier alpha value is -3.87. The minimum absolute atomic E-state index is 0.227. The van der Waals surface area contributed by atoms with Crippen LogP contribution in [0, 0.1) is 19.7 Å². The molecule has 1 amide bonds. The summed E-state index contributed by atoms with van der Waals surface area (Å²) in [5, 5.41) is 8.75. The molecular formula is C25H22FNO5. The number of hydrogen-bond donors (Lipinski definition) is 1. The largest absolute Gasteiger partial charge is 0.489 e. The molecule has 0 bridgehead atoms. The zero-order valence-electron chi connectivity index (χ0n) is 17.7. The zero-order chi connectivity index (χ0) is 22.8. The predicted octanol–water partition coefficient (Wildman–Crippen LogP) is 4.65. The minimum atomic E-state index is -1.04. The second-order valence-corrected chi connectivity index (χ2v) is 7.70. The Morgan fingerprint density at radius 2 is 1.88 bits per heavy atom. The van der Waals surface area contributed by atoms with Crippen LogP contribution in [0.1, 0.15) is 32.6 Å². The summed E-state index contributed by atoms with van der Waals surface area (Å²) in [7, 11) is 0. The number of nitrogens with zero attached hydrogens (tertiary/aromatic N) is 1. The molecule has 164 valence electrons. The van der Waals surface area contributed by atoms with Crippen molar-refractivity contribution in [1.29, 1.82) is 0 Å².